The summed E-state index contributed by atoms with van der Waals surface area (Å²) >= 11 is 0. The predicted octanol–water partition coefficient (Wildman–Crippen LogP) is 4.86. The number of benzene rings is 1. The van der Waals surface area contributed by atoms with Gasteiger partial charge in [-0.2, -0.15) is 0 Å². The number of nitrogens with zero attached hydrogens (tertiary/aromatic N) is 1. The first-order chi connectivity index (χ1) is 15.4. The lowest BCUT2D eigenvalue weighted by Crippen LogP contribution is -2.43. The van der Waals surface area contributed by atoms with Crippen molar-refractivity contribution in [3.8, 4) is 11.5 Å². The molecule has 1 unspecified atom stereocenters. The van der Waals surface area contributed by atoms with Gasteiger partial charge in [-0.1, -0.05) is 38.5 Å². The molecule has 0 amide bonds. The first-order valence-electron chi connectivity index (χ1n) is 12.1. The molecule has 0 saturated carbocycles. The number of carbonyl (C=O) groups excluding carboxylic acids is 1. The minimum atomic E-state index is -0.954. The summed E-state index contributed by atoms with van der Waals surface area (Å²) in [4.78, 5) is 23.1. The Morgan fingerprint density at radius 3 is 2.00 bits per heavy atom. The lowest BCUT2D eigenvalue weighted by atomic mass is 9.98. The van der Waals surface area contributed by atoms with Gasteiger partial charge in [0.15, 0.2) is 6.10 Å². The SMILES string of the molecule is Cc1c(O)cc(CCCCCCCCCCC(=O)OC(CC(=O)O)C[N+](C)(C)C)c(O)c1C. The zero-order chi connectivity index (χ0) is 25.0. The quantitative estimate of drug-likeness (QED) is 0.139. The number of esters is 1. The Balaban J connectivity index is 2.14. The standard InChI is InChI=1S/C26H43NO6/c1-19-20(2)26(32)21(16-23(19)28)14-12-10-8-6-7-9-11-13-15-25(31)33-22(17-24(29)30)18-27(3,4)5/h16,22H,6-15,17-18H2,1-5H3,(H2-,28,29,30,32)/p+1. The van der Waals surface area contributed by atoms with Gasteiger partial charge >= 0.3 is 11.9 Å². The fraction of sp³-hybridized carbons (Fsp3) is 0.692. The summed E-state index contributed by atoms with van der Waals surface area (Å²) < 4.78 is 5.95. The molecule has 0 aliphatic carbocycles. The number of aryl methyl sites for hydroxylation is 1. The highest BCUT2D eigenvalue weighted by molar-refractivity contribution is 5.71. The minimum Gasteiger partial charge on any atom is -0.508 e. The van der Waals surface area contributed by atoms with Crippen LogP contribution in [0.4, 0.5) is 0 Å². The van der Waals surface area contributed by atoms with Crippen LogP contribution in [0, 0.1) is 13.8 Å². The number of phenols is 2. The molecule has 0 fully saturated rings. The molecule has 1 rings (SSSR count). The lowest BCUT2D eigenvalue weighted by molar-refractivity contribution is -0.873. The molecular formula is C26H44NO6+. The number of aromatic hydroxyl groups is 2. The van der Waals surface area contributed by atoms with Gasteiger partial charge in [-0.25, -0.2) is 0 Å². The normalized spacial score (nSPS) is 12.5. The number of carboxylic acids is 1. The number of carbonyl (C=O) groups is 2. The number of phenolic OH excluding ortho intramolecular Hbond substituents is 2. The van der Waals surface area contributed by atoms with Crippen molar-refractivity contribution in [2.45, 2.75) is 90.6 Å². The molecule has 0 bridgehead atoms. The Labute approximate surface area is 199 Å². The van der Waals surface area contributed by atoms with Gasteiger partial charge in [0, 0.05) is 6.42 Å². The Hall–Kier alpha value is -2.28. The first kappa shape index (κ1) is 28.8. The fourth-order valence-electron chi connectivity index (χ4n) is 3.98. The van der Waals surface area contributed by atoms with Crippen molar-refractivity contribution in [2.24, 2.45) is 0 Å². The van der Waals surface area contributed by atoms with Crippen molar-refractivity contribution in [3.63, 3.8) is 0 Å². The molecule has 7 nitrogen and oxygen atoms in total. The number of unbranched alkanes of at least 4 members (excludes halogenated alkanes) is 7. The summed E-state index contributed by atoms with van der Waals surface area (Å²) in [5.74, 6) is -0.717. The number of hydrogen-bond acceptors (Lipinski definition) is 5. The average Bonchev–Trinajstić information content (AvgIpc) is 2.69. The van der Waals surface area contributed by atoms with E-state index in [1.54, 1.807) is 13.0 Å². The molecule has 0 saturated heterocycles. The Bertz CT molecular complexity index is 769. The number of aliphatic carboxylic acids is 1. The van der Waals surface area contributed by atoms with Crippen molar-refractivity contribution in [2.75, 3.05) is 27.7 Å². The van der Waals surface area contributed by atoms with E-state index in [2.05, 4.69) is 0 Å². The third-order valence-electron chi connectivity index (χ3n) is 5.95. The molecule has 0 spiro atoms. The van der Waals surface area contributed by atoms with Gasteiger partial charge in [0.25, 0.3) is 0 Å². The van der Waals surface area contributed by atoms with Crippen LogP contribution in [0.3, 0.4) is 0 Å². The number of likely N-dealkylation sites (N-methyl/N-ethyl adjacent to an activating group) is 1. The average molecular weight is 467 g/mol. The highest BCUT2D eigenvalue weighted by Crippen LogP contribution is 2.32. The molecule has 1 aromatic carbocycles. The molecular weight excluding hydrogens is 422 g/mol. The molecule has 3 N–H and O–H groups in total. The lowest BCUT2D eigenvalue weighted by Gasteiger charge is -2.28. The van der Waals surface area contributed by atoms with Crippen molar-refractivity contribution in [1.29, 1.82) is 0 Å². The van der Waals surface area contributed by atoms with E-state index >= 15 is 0 Å². The topological polar surface area (TPSA) is 104 Å². The summed E-state index contributed by atoms with van der Waals surface area (Å²) in [6.45, 7) is 4.11. The van der Waals surface area contributed by atoms with Crippen molar-refractivity contribution in [3.05, 3.63) is 22.8 Å². The van der Waals surface area contributed by atoms with Gasteiger partial charge in [-0.15, -0.1) is 0 Å². The van der Waals surface area contributed by atoms with Crippen LogP contribution in [-0.2, 0) is 20.7 Å². The van der Waals surface area contributed by atoms with E-state index in [-0.39, 0.29) is 18.1 Å². The second-order valence-electron chi connectivity index (χ2n) is 10.2. The molecule has 33 heavy (non-hydrogen) atoms. The summed E-state index contributed by atoms with van der Waals surface area (Å²) in [6.07, 6.45) is 8.57. The van der Waals surface area contributed by atoms with E-state index in [9.17, 15) is 19.8 Å². The maximum atomic E-state index is 12.1. The minimum absolute atomic E-state index is 0.161. The second-order valence-corrected chi connectivity index (χ2v) is 10.2. The van der Waals surface area contributed by atoms with Crippen LogP contribution < -0.4 is 0 Å². The number of carboxylic acid groups (broad SMARTS) is 1. The van der Waals surface area contributed by atoms with Crippen LogP contribution in [0.5, 0.6) is 11.5 Å². The maximum Gasteiger partial charge on any atom is 0.307 e. The maximum absolute atomic E-state index is 12.1. The molecule has 7 heteroatoms. The molecule has 188 valence electrons. The van der Waals surface area contributed by atoms with Crippen LogP contribution >= 0.6 is 0 Å². The summed E-state index contributed by atoms with van der Waals surface area (Å²) in [7, 11) is 5.84. The number of quaternary nitrogens is 1. The van der Waals surface area contributed by atoms with Crippen molar-refractivity contribution < 1.29 is 34.1 Å². The van der Waals surface area contributed by atoms with E-state index in [0.29, 0.717) is 23.2 Å². The first-order valence-corrected chi connectivity index (χ1v) is 12.1. The third kappa shape index (κ3) is 11.9. The molecule has 0 heterocycles. The van der Waals surface area contributed by atoms with E-state index in [1.165, 1.54) is 0 Å². The van der Waals surface area contributed by atoms with Crippen molar-refractivity contribution in [1.82, 2.24) is 0 Å². The summed E-state index contributed by atoms with van der Waals surface area (Å²) in [6, 6.07) is 1.68. The highest BCUT2D eigenvalue weighted by Gasteiger charge is 2.24. The molecule has 1 atom stereocenters. The molecule has 1 aromatic rings. The largest absolute Gasteiger partial charge is 0.508 e. The van der Waals surface area contributed by atoms with Gasteiger partial charge in [0.1, 0.15) is 18.0 Å². The zero-order valence-electron chi connectivity index (χ0n) is 21.2. The van der Waals surface area contributed by atoms with Crippen molar-refractivity contribution >= 4 is 11.9 Å². The molecule has 0 aliphatic heterocycles. The third-order valence-corrected chi connectivity index (χ3v) is 5.95. The fourth-order valence-corrected chi connectivity index (χ4v) is 3.98. The highest BCUT2D eigenvalue weighted by atomic mass is 16.5. The van der Waals surface area contributed by atoms with Crippen LogP contribution in [0.15, 0.2) is 6.07 Å². The van der Waals surface area contributed by atoms with E-state index < -0.39 is 12.1 Å². The predicted molar refractivity (Wildman–Crippen MR) is 130 cm³/mol. The smallest absolute Gasteiger partial charge is 0.307 e. The summed E-state index contributed by atoms with van der Waals surface area (Å²) in [5.41, 5.74) is 2.29. The monoisotopic (exact) mass is 466 g/mol. The van der Waals surface area contributed by atoms with Crippen LogP contribution in [-0.4, -0.2) is 65.5 Å². The Morgan fingerprint density at radius 2 is 1.45 bits per heavy atom. The second kappa shape index (κ2) is 14.1. The number of rotatable bonds is 16. The zero-order valence-corrected chi connectivity index (χ0v) is 21.2. The molecule has 0 aliphatic rings. The van der Waals surface area contributed by atoms with E-state index in [0.717, 1.165) is 74.5 Å². The Kier molecular flexibility index (Phi) is 12.3. The summed E-state index contributed by atoms with van der Waals surface area (Å²) in [5, 5.41) is 29.2. The number of ether oxygens (including phenoxy) is 1. The van der Waals surface area contributed by atoms with Gasteiger partial charge in [-0.05, 0) is 55.9 Å². The van der Waals surface area contributed by atoms with Gasteiger partial charge < -0.3 is 24.5 Å². The van der Waals surface area contributed by atoms with Crippen LogP contribution in [0.2, 0.25) is 0 Å². The van der Waals surface area contributed by atoms with Crippen LogP contribution in [0.25, 0.3) is 0 Å². The Morgan fingerprint density at radius 1 is 0.909 bits per heavy atom. The number of hydrogen-bond donors (Lipinski definition) is 3. The van der Waals surface area contributed by atoms with Crippen LogP contribution in [0.1, 0.15) is 80.9 Å². The van der Waals surface area contributed by atoms with Gasteiger partial charge in [0.05, 0.1) is 27.6 Å². The molecule has 0 radical (unpaired) electrons. The van der Waals surface area contributed by atoms with Gasteiger partial charge in [-0.3, -0.25) is 9.59 Å². The van der Waals surface area contributed by atoms with E-state index in [1.807, 2.05) is 28.1 Å². The van der Waals surface area contributed by atoms with Gasteiger partial charge in [0.2, 0.25) is 0 Å². The van der Waals surface area contributed by atoms with E-state index in [4.69, 9.17) is 9.84 Å². The molecule has 0 aromatic heterocycles.